The van der Waals surface area contributed by atoms with Gasteiger partial charge in [0.05, 0.1) is 18.5 Å². The molecule has 4 nitrogen and oxygen atoms in total. The number of furan rings is 1. The number of rotatable bonds is 4. The Bertz CT molecular complexity index is 353. The summed E-state index contributed by atoms with van der Waals surface area (Å²) in [5, 5.41) is 6.92. The summed E-state index contributed by atoms with van der Waals surface area (Å²) in [6.45, 7) is 2.78. The molecule has 0 aliphatic heterocycles. The fraction of sp³-hybridized carbons (Fsp3) is 0.300. The molecule has 0 aromatic carbocycles. The van der Waals surface area contributed by atoms with Gasteiger partial charge in [-0.05, 0) is 19.1 Å². The second-order valence-corrected chi connectivity index (χ2v) is 3.15. The molecule has 14 heavy (non-hydrogen) atoms. The largest absolute Gasteiger partial charge is 0.468 e. The minimum atomic E-state index is 0.194. The number of aromatic nitrogens is 1. The van der Waals surface area contributed by atoms with Crippen molar-refractivity contribution in [3.8, 4) is 0 Å². The summed E-state index contributed by atoms with van der Waals surface area (Å²) < 4.78 is 9.99. The first-order valence-electron chi connectivity index (χ1n) is 4.51. The Balaban J connectivity index is 1.87. The van der Waals surface area contributed by atoms with Crippen molar-refractivity contribution in [3.63, 3.8) is 0 Å². The average Bonchev–Trinajstić information content (AvgIpc) is 2.87. The highest BCUT2D eigenvalue weighted by atomic mass is 16.5. The summed E-state index contributed by atoms with van der Waals surface area (Å²) in [6, 6.07) is 4.03. The molecule has 0 amide bonds. The van der Waals surface area contributed by atoms with Crippen molar-refractivity contribution >= 4 is 0 Å². The summed E-state index contributed by atoms with van der Waals surface area (Å²) in [5.41, 5.74) is 1.03. The first-order chi connectivity index (χ1) is 6.86. The van der Waals surface area contributed by atoms with Crippen molar-refractivity contribution in [2.75, 3.05) is 0 Å². The molecule has 74 valence electrons. The van der Waals surface area contributed by atoms with Crippen molar-refractivity contribution in [2.24, 2.45) is 0 Å². The lowest BCUT2D eigenvalue weighted by Crippen LogP contribution is -2.17. The highest BCUT2D eigenvalue weighted by Crippen LogP contribution is 2.12. The summed E-state index contributed by atoms with van der Waals surface area (Å²) in [7, 11) is 0. The topological polar surface area (TPSA) is 51.2 Å². The predicted molar refractivity (Wildman–Crippen MR) is 50.5 cm³/mol. The van der Waals surface area contributed by atoms with Crippen molar-refractivity contribution < 1.29 is 8.94 Å². The lowest BCUT2D eigenvalue weighted by atomic mass is 10.2. The van der Waals surface area contributed by atoms with Gasteiger partial charge < -0.3 is 14.3 Å². The summed E-state index contributed by atoms with van der Waals surface area (Å²) in [4.78, 5) is 0. The van der Waals surface area contributed by atoms with E-state index in [9.17, 15) is 0 Å². The van der Waals surface area contributed by atoms with E-state index in [-0.39, 0.29) is 6.04 Å². The Morgan fingerprint density at radius 2 is 2.50 bits per heavy atom. The van der Waals surface area contributed by atoms with Crippen LogP contribution in [0.25, 0.3) is 0 Å². The minimum Gasteiger partial charge on any atom is -0.468 e. The molecule has 0 aliphatic rings. The molecule has 0 aliphatic carbocycles. The van der Waals surface area contributed by atoms with Gasteiger partial charge in [0, 0.05) is 12.1 Å². The Morgan fingerprint density at radius 1 is 1.57 bits per heavy atom. The van der Waals surface area contributed by atoms with Gasteiger partial charge in [0.15, 0.2) is 0 Å². The van der Waals surface area contributed by atoms with E-state index in [4.69, 9.17) is 8.94 Å². The lowest BCUT2D eigenvalue weighted by Gasteiger charge is -2.09. The maximum atomic E-state index is 5.26. The SMILES string of the molecule is CC(NCc1cnoc1)c1ccco1. The van der Waals surface area contributed by atoms with Crippen molar-refractivity contribution in [2.45, 2.75) is 19.5 Å². The maximum Gasteiger partial charge on any atom is 0.128 e. The minimum absolute atomic E-state index is 0.194. The molecule has 0 bridgehead atoms. The smallest absolute Gasteiger partial charge is 0.128 e. The van der Waals surface area contributed by atoms with Gasteiger partial charge in [-0.15, -0.1) is 0 Å². The van der Waals surface area contributed by atoms with Gasteiger partial charge in [0.1, 0.15) is 12.0 Å². The van der Waals surface area contributed by atoms with Crippen LogP contribution in [0, 0.1) is 0 Å². The Kier molecular flexibility index (Phi) is 2.65. The molecular weight excluding hydrogens is 180 g/mol. The summed E-state index contributed by atoms with van der Waals surface area (Å²) in [5.74, 6) is 0.932. The second-order valence-electron chi connectivity index (χ2n) is 3.15. The van der Waals surface area contributed by atoms with Crippen LogP contribution >= 0.6 is 0 Å². The Hall–Kier alpha value is -1.55. The molecule has 0 fully saturated rings. The first kappa shape index (κ1) is 9.02. The number of nitrogens with one attached hydrogen (secondary N) is 1. The zero-order valence-corrected chi connectivity index (χ0v) is 7.93. The van der Waals surface area contributed by atoms with Gasteiger partial charge in [-0.25, -0.2) is 0 Å². The van der Waals surface area contributed by atoms with Crippen LogP contribution in [-0.4, -0.2) is 5.16 Å². The molecule has 0 radical (unpaired) electrons. The van der Waals surface area contributed by atoms with Gasteiger partial charge in [-0.3, -0.25) is 0 Å². The van der Waals surface area contributed by atoms with Gasteiger partial charge in [0.25, 0.3) is 0 Å². The molecule has 1 unspecified atom stereocenters. The van der Waals surface area contributed by atoms with E-state index in [0.717, 1.165) is 17.9 Å². The van der Waals surface area contributed by atoms with E-state index in [1.54, 1.807) is 18.7 Å². The average molecular weight is 192 g/mol. The van der Waals surface area contributed by atoms with Gasteiger partial charge in [-0.1, -0.05) is 5.16 Å². The van der Waals surface area contributed by atoms with Crippen LogP contribution in [-0.2, 0) is 6.54 Å². The number of hydrogen-bond acceptors (Lipinski definition) is 4. The molecule has 1 N–H and O–H groups in total. The molecule has 1 atom stereocenters. The second kappa shape index (κ2) is 4.11. The van der Waals surface area contributed by atoms with E-state index >= 15 is 0 Å². The van der Waals surface area contributed by atoms with E-state index < -0.39 is 0 Å². The van der Waals surface area contributed by atoms with Crippen LogP contribution in [0.5, 0.6) is 0 Å². The van der Waals surface area contributed by atoms with Crippen LogP contribution in [0.2, 0.25) is 0 Å². The van der Waals surface area contributed by atoms with Crippen LogP contribution in [0.1, 0.15) is 24.3 Å². The van der Waals surface area contributed by atoms with Crippen LogP contribution in [0.3, 0.4) is 0 Å². The van der Waals surface area contributed by atoms with Gasteiger partial charge in [-0.2, -0.15) is 0 Å². The zero-order valence-electron chi connectivity index (χ0n) is 7.93. The molecule has 0 saturated heterocycles. The summed E-state index contributed by atoms with van der Waals surface area (Å²) in [6.07, 6.45) is 5.00. The van der Waals surface area contributed by atoms with Gasteiger partial charge in [0.2, 0.25) is 0 Å². The molecule has 2 heterocycles. The van der Waals surface area contributed by atoms with E-state index in [1.807, 2.05) is 19.1 Å². The monoisotopic (exact) mass is 192 g/mol. The Labute approximate surface area is 81.9 Å². The van der Waals surface area contributed by atoms with Crippen molar-refractivity contribution in [1.29, 1.82) is 0 Å². The van der Waals surface area contributed by atoms with E-state index in [1.165, 1.54) is 0 Å². The Morgan fingerprint density at radius 3 is 3.14 bits per heavy atom. The fourth-order valence-corrected chi connectivity index (χ4v) is 1.22. The molecular formula is C10H12N2O2. The lowest BCUT2D eigenvalue weighted by molar-refractivity contribution is 0.415. The van der Waals surface area contributed by atoms with Crippen molar-refractivity contribution in [3.05, 3.63) is 42.2 Å². The predicted octanol–water partition coefficient (Wildman–Crippen LogP) is 2.12. The highest BCUT2D eigenvalue weighted by molar-refractivity contribution is 5.05. The van der Waals surface area contributed by atoms with Crippen LogP contribution in [0.15, 0.2) is 39.8 Å². The molecule has 2 rings (SSSR count). The third-order valence-electron chi connectivity index (χ3n) is 2.07. The maximum absolute atomic E-state index is 5.26. The third kappa shape index (κ3) is 2.03. The fourth-order valence-electron chi connectivity index (χ4n) is 1.22. The van der Waals surface area contributed by atoms with Crippen molar-refractivity contribution in [1.82, 2.24) is 10.5 Å². The normalized spacial score (nSPS) is 12.9. The third-order valence-corrected chi connectivity index (χ3v) is 2.07. The van der Waals surface area contributed by atoms with Gasteiger partial charge >= 0.3 is 0 Å². The molecule has 0 spiro atoms. The standard InChI is InChI=1S/C10H12N2O2/c1-8(10-3-2-4-13-10)11-5-9-6-12-14-7-9/h2-4,6-8,11H,5H2,1H3. The van der Waals surface area contributed by atoms with Crippen LogP contribution in [0.4, 0.5) is 0 Å². The zero-order chi connectivity index (χ0) is 9.80. The highest BCUT2D eigenvalue weighted by Gasteiger charge is 2.07. The summed E-state index contributed by atoms with van der Waals surface area (Å²) >= 11 is 0. The van der Waals surface area contributed by atoms with E-state index in [2.05, 4.69) is 10.5 Å². The number of hydrogen-bond donors (Lipinski definition) is 1. The quantitative estimate of drug-likeness (QED) is 0.806. The molecule has 0 saturated carbocycles. The molecule has 2 aromatic heterocycles. The molecule has 4 heteroatoms. The molecule has 2 aromatic rings. The number of nitrogens with zero attached hydrogens (tertiary/aromatic N) is 1. The first-order valence-corrected chi connectivity index (χ1v) is 4.51. The van der Waals surface area contributed by atoms with E-state index in [0.29, 0.717) is 0 Å². The van der Waals surface area contributed by atoms with Crippen LogP contribution < -0.4 is 5.32 Å².